The van der Waals surface area contributed by atoms with Gasteiger partial charge in [-0.3, -0.25) is 14.6 Å². The van der Waals surface area contributed by atoms with Crippen LogP contribution in [0.25, 0.3) is 0 Å². The smallest absolute Gasteiger partial charge is 0.241 e. The number of carbonyl (C=O) groups is 1. The lowest BCUT2D eigenvalue weighted by molar-refractivity contribution is -0.121. The number of hydrogen-bond donors (Lipinski definition) is 1. The van der Waals surface area contributed by atoms with E-state index in [0.29, 0.717) is 5.69 Å². The number of carbonyl (C=O) groups excluding carboxylic acids is 1. The zero-order valence-corrected chi connectivity index (χ0v) is 16.1. The molecule has 7 heteroatoms. The molecule has 1 N–H and O–H groups in total. The predicted molar refractivity (Wildman–Crippen MR) is 103 cm³/mol. The quantitative estimate of drug-likeness (QED) is 0.842. The molecule has 0 aliphatic carbocycles. The number of rotatable bonds is 6. The van der Waals surface area contributed by atoms with E-state index in [1.54, 1.807) is 23.5 Å². The van der Waals surface area contributed by atoms with Crippen molar-refractivity contribution >= 4 is 22.9 Å². The number of thiazole rings is 1. The van der Waals surface area contributed by atoms with Gasteiger partial charge in [0, 0.05) is 43.8 Å². The van der Waals surface area contributed by atoms with Crippen LogP contribution in [0.3, 0.4) is 0 Å². The van der Waals surface area contributed by atoms with E-state index in [0.717, 1.165) is 44.8 Å². The van der Waals surface area contributed by atoms with Gasteiger partial charge in [-0.05, 0) is 31.5 Å². The Balaban J connectivity index is 1.48. The minimum absolute atomic E-state index is 0.101. The molecule has 3 rings (SSSR count). The fraction of sp³-hybridized carbons (Fsp3) is 0.474. The van der Waals surface area contributed by atoms with Crippen LogP contribution in [0.5, 0.6) is 0 Å². The summed E-state index contributed by atoms with van der Waals surface area (Å²) >= 11 is 1.72. The molecule has 0 spiro atoms. The molecular weight excluding hydrogens is 351 g/mol. The Morgan fingerprint density at radius 3 is 2.77 bits per heavy atom. The first-order valence-electron chi connectivity index (χ1n) is 9.01. The molecule has 0 bridgehead atoms. The first-order valence-corrected chi connectivity index (χ1v) is 9.89. The highest BCUT2D eigenvalue weighted by Crippen LogP contribution is 2.15. The fourth-order valence-corrected chi connectivity index (χ4v) is 3.84. The third-order valence-electron chi connectivity index (χ3n) is 4.71. The molecule has 1 amide bonds. The second kappa shape index (κ2) is 8.70. The Bertz CT molecular complexity index is 743. The van der Waals surface area contributed by atoms with Crippen LogP contribution in [0.15, 0.2) is 29.6 Å². The van der Waals surface area contributed by atoms with Crippen molar-refractivity contribution in [2.24, 2.45) is 0 Å². The molecule has 1 unspecified atom stereocenters. The van der Waals surface area contributed by atoms with E-state index >= 15 is 0 Å². The maximum absolute atomic E-state index is 13.2. The number of aromatic nitrogens is 1. The van der Waals surface area contributed by atoms with Crippen LogP contribution in [0.1, 0.15) is 24.5 Å². The molecule has 1 aromatic carbocycles. The average Bonchev–Trinajstić information content (AvgIpc) is 3.09. The number of nitrogens with one attached hydrogen (secondary N) is 1. The third kappa shape index (κ3) is 4.87. The van der Waals surface area contributed by atoms with Gasteiger partial charge in [0.05, 0.1) is 16.7 Å². The van der Waals surface area contributed by atoms with E-state index in [2.05, 4.69) is 32.4 Å². The topological polar surface area (TPSA) is 48.5 Å². The van der Waals surface area contributed by atoms with Gasteiger partial charge in [0.25, 0.3) is 0 Å². The lowest BCUT2D eigenvalue weighted by atomic mass is 10.2. The van der Waals surface area contributed by atoms with Crippen molar-refractivity contribution in [1.29, 1.82) is 0 Å². The molecule has 1 fully saturated rings. The summed E-state index contributed by atoms with van der Waals surface area (Å²) < 4.78 is 13.2. The number of piperazine rings is 1. The standard InChI is InChI=1S/C19H25FN4OS/c1-3-18-21-17(13-26-18)12-23-7-9-24(10-8-23)14(2)19(25)22-16-6-4-5-15(20)11-16/h4-6,11,13-14H,3,7-10,12H2,1-2H3,(H,22,25). The van der Waals surface area contributed by atoms with Crippen LogP contribution < -0.4 is 5.32 Å². The molecule has 26 heavy (non-hydrogen) atoms. The maximum atomic E-state index is 13.2. The van der Waals surface area contributed by atoms with Crippen molar-refractivity contribution in [3.63, 3.8) is 0 Å². The van der Waals surface area contributed by atoms with Crippen LogP contribution in [0.2, 0.25) is 0 Å². The second-order valence-electron chi connectivity index (χ2n) is 6.57. The van der Waals surface area contributed by atoms with E-state index in [1.807, 2.05) is 6.92 Å². The fourth-order valence-electron chi connectivity index (χ4n) is 3.10. The zero-order valence-electron chi connectivity index (χ0n) is 15.2. The van der Waals surface area contributed by atoms with Gasteiger partial charge in [-0.2, -0.15) is 0 Å². The molecule has 1 aliphatic heterocycles. The number of hydrogen-bond acceptors (Lipinski definition) is 5. The van der Waals surface area contributed by atoms with Crippen LogP contribution in [0, 0.1) is 5.82 Å². The highest BCUT2D eigenvalue weighted by molar-refractivity contribution is 7.09. The number of aryl methyl sites for hydroxylation is 1. The molecule has 1 atom stereocenters. The van der Waals surface area contributed by atoms with Crippen molar-refractivity contribution in [3.8, 4) is 0 Å². The number of nitrogens with zero attached hydrogens (tertiary/aromatic N) is 3. The molecule has 2 heterocycles. The van der Waals surface area contributed by atoms with E-state index in [4.69, 9.17) is 0 Å². The summed E-state index contributed by atoms with van der Waals surface area (Å²) in [5, 5.41) is 6.12. The lowest BCUT2D eigenvalue weighted by Crippen LogP contribution is -2.52. The maximum Gasteiger partial charge on any atom is 0.241 e. The van der Waals surface area contributed by atoms with Gasteiger partial charge >= 0.3 is 0 Å². The van der Waals surface area contributed by atoms with Gasteiger partial charge in [-0.25, -0.2) is 9.37 Å². The molecule has 1 aromatic heterocycles. The van der Waals surface area contributed by atoms with Crippen molar-refractivity contribution < 1.29 is 9.18 Å². The molecule has 2 aromatic rings. The normalized spacial score (nSPS) is 17.2. The minimum Gasteiger partial charge on any atom is -0.325 e. The molecule has 1 saturated heterocycles. The summed E-state index contributed by atoms with van der Waals surface area (Å²) in [5.74, 6) is -0.450. The highest BCUT2D eigenvalue weighted by Gasteiger charge is 2.26. The summed E-state index contributed by atoms with van der Waals surface area (Å²) in [7, 11) is 0. The first kappa shape index (κ1) is 18.9. The van der Waals surface area contributed by atoms with E-state index in [9.17, 15) is 9.18 Å². The second-order valence-corrected chi connectivity index (χ2v) is 7.52. The molecule has 0 radical (unpaired) electrons. The molecule has 140 valence electrons. The summed E-state index contributed by atoms with van der Waals surface area (Å²) in [6.07, 6.45) is 0.983. The van der Waals surface area contributed by atoms with E-state index in [-0.39, 0.29) is 17.8 Å². The van der Waals surface area contributed by atoms with Crippen molar-refractivity contribution in [2.75, 3.05) is 31.5 Å². The number of amides is 1. The summed E-state index contributed by atoms with van der Waals surface area (Å²) in [6.45, 7) is 8.39. The van der Waals surface area contributed by atoms with Gasteiger partial charge in [-0.15, -0.1) is 11.3 Å². The Labute approximate surface area is 157 Å². The monoisotopic (exact) mass is 376 g/mol. The summed E-state index contributed by atoms with van der Waals surface area (Å²) in [5.41, 5.74) is 1.63. The molecule has 5 nitrogen and oxygen atoms in total. The van der Waals surface area contributed by atoms with Crippen molar-refractivity contribution in [3.05, 3.63) is 46.2 Å². The van der Waals surface area contributed by atoms with Gasteiger partial charge in [0.2, 0.25) is 5.91 Å². The Morgan fingerprint density at radius 1 is 1.35 bits per heavy atom. The van der Waals surface area contributed by atoms with Gasteiger partial charge in [0.15, 0.2) is 0 Å². The zero-order chi connectivity index (χ0) is 18.5. The van der Waals surface area contributed by atoms with Crippen molar-refractivity contribution in [1.82, 2.24) is 14.8 Å². The summed E-state index contributed by atoms with van der Waals surface area (Å²) in [6, 6.07) is 5.75. The molecular formula is C19H25FN4OS. The number of halogens is 1. The van der Waals surface area contributed by atoms with Gasteiger partial charge in [0.1, 0.15) is 5.82 Å². The predicted octanol–water partition coefficient (Wildman–Crippen LogP) is 2.99. The van der Waals surface area contributed by atoms with Crippen LogP contribution in [-0.4, -0.2) is 52.9 Å². The van der Waals surface area contributed by atoms with E-state index < -0.39 is 0 Å². The Kier molecular flexibility index (Phi) is 6.34. The van der Waals surface area contributed by atoms with Crippen molar-refractivity contribution in [2.45, 2.75) is 32.9 Å². The first-order chi connectivity index (χ1) is 12.5. The van der Waals surface area contributed by atoms with Crippen LogP contribution in [-0.2, 0) is 17.8 Å². The SMILES string of the molecule is CCc1nc(CN2CCN(C(C)C(=O)Nc3cccc(F)c3)CC2)cs1. The summed E-state index contributed by atoms with van der Waals surface area (Å²) in [4.78, 5) is 21.6. The lowest BCUT2D eigenvalue weighted by Gasteiger charge is -2.37. The average molecular weight is 377 g/mol. The molecule has 0 saturated carbocycles. The van der Waals surface area contributed by atoms with Crippen LogP contribution in [0.4, 0.5) is 10.1 Å². The number of anilines is 1. The molecule has 1 aliphatic rings. The van der Waals surface area contributed by atoms with Gasteiger partial charge in [-0.1, -0.05) is 13.0 Å². The van der Waals surface area contributed by atoms with E-state index in [1.165, 1.54) is 17.1 Å². The Hall–Kier alpha value is -1.83. The minimum atomic E-state index is -0.350. The largest absolute Gasteiger partial charge is 0.325 e. The highest BCUT2D eigenvalue weighted by atomic mass is 32.1. The third-order valence-corrected chi connectivity index (χ3v) is 5.76. The number of benzene rings is 1. The van der Waals surface area contributed by atoms with Crippen LogP contribution >= 0.6 is 11.3 Å². The Morgan fingerprint density at radius 2 is 2.12 bits per heavy atom. The van der Waals surface area contributed by atoms with Gasteiger partial charge < -0.3 is 5.32 Å².